The van der Waals surface area contributed by atoms with Crippen molar-refractivity contribution >= 4 is 11.4 Å². The highest BCUT2D eigenvalue weighted by atomic mass is 19.4. The molecule has 0 aliphatic carbocycles. The maximum Gasteiger partial charge on any atom is 0.418 e. The van der Waals surface area contributed by atoms with Gasteiger partial charge in [-0.15, -0.1) is 0 Å². The summed E-state index contributed by atoms with van der Waals surface area (Å²) in [5, 5.41) is 2.99. The molecule has 1 unspecified atom stereocenters. The summed E-state index contributed by atoms with van der Waals surface area (Å²) in [4.78, 5) is 0. The minimum atomic E-state index is -4.44. The van der Waals surface area contributed by atoms with E-state index in [4.69, 9.17) is 10.5 Å². The molecule has 1 atom stereocenters. The van der Waals surface area contributed by atoms with Gasteiger partial charge in [-0.05, 0) is 24.6 Å². The van der Waals surface area contributed by atoms with Crippen LogP contribution >= 0.6 is 0 Å². The Morgan fingerprint density at radius 2 is 2.06 bits per heavy atom. The minimum absolute atomic E-state index is 0.0280. The summed E-state index contributed by atoms with van der Waals surface area (Å²) >= 11 is 0. The highest BCUT2D eigenvalue weighted by Gasteiger charge is 2.33. The van der Waals surface area contributed by atoms with Crippen molar-refractivity contribution in [2.24, 2.45) is 0 Å². The van der Waals surface area contributed by atoms with Crippen LogP contribution in [0, 0.1) is 0 Å². The largest absolute Gasteiger partial charge is 0.418 e. The molecule has 1 aromatic rings. The average Bonchev–Trinajstić information content (AvgIpc) is 2.29. The van der Waals surface area contributed by atoms with E-state index in [-0.39, 0.29) is 11.7 Å². The third kappa shape index (κ3) is 3.80. The lowest BCUT2D eigenvalue weighted by molar-refractivity contribution is -0.136. The zero-order chi connectivity index (χ0) is 13.8. The van der Waals surface area contributed by atoms with Crippen LogP contribution in [0.4, 0.5) is 24.5 Å². The molecule has 0 saturated carbocycles. The molecule has 0 radical (unpaired) electrons. The fraction of sp³-hybridized carbons (Fsp3) is 0.500. The summed E-state index contributed by atoms with van der Waals surface area (Å²) in [6.45, 7) is 2.36. The third-order valence-electron chi connectivity index (χ3n) is 2.59. The summed E-state index contributed by atoms with van der Waals surface area (Å²) in [5.41, 5.74) is 4.62. The Morgan fingerprint density at radius 3 is 2.56 bits per heavy atom. The first kappa shape index (κ1) is 14.6. The fourth-order valence-electron chi connectivity index (χ4n) is 1.59. The SMILES string of the molecule is CCC(COC)Nc1ccc(N)c(C(F)(F)F)c1. The summed E-state index contributed by atoms with van der Waals surface area (Å²) in [6.07, 6.45) is -3.69. The second-order valence-electron chi connectivity index (χ2n) is 4.00. The van der Waals surface area contributed by atoms with Crippen LogP contribution in [0.5, 0.6) is 0 Å². The number of hydrogen-bond donors (Lipinski definition) is 2. The van der Waals surface area contributed by atoms with Crippen LogP contribution in [-0.4, -0.2) is 19.8 Å². The van der Waals surface area contributed by atoms with E-state index < -0.39 is 11.7 Å². The van der Waals surface area contributed by atoms with Crippen LogP contribution in [0.1, 0.15) is 18.9 Å². The molecule has 3 N–H and O–H groups in total. The van der Waals surface area contributed by atoms with Gasteiger partial charge in [0.2, 0.25) is 0 Å². The van der Waals surface area contributed by atoms with E-state index in [1.165, 1.54) is 12.1 Å². The molecule has 0 aromatic heterocycles. The number of halogens is 3. The summed E-state index contributed by atoms with van der Waals surface area (Å²) in [7, 11) is 1.55. The predicted octanol–water partition coefficient (Wildman–Crippen LogP) is 3.12. The van der Waals surface area contributed by atoms with Crippen molar-refractivity contribution in [2.75, 3.05) is 24.8 Å². The molecule has 1 rings (SSSR count). The van der Waals surface area contributed by atoms with Crippen LogP contribution in [0.15, 0.2) is 18.2 Å². The molecular weight excluding hydrogens is 245 g/mol. The van der Waals surface area contributed by atoms with E-state index in [9.17, 15) is 13.2 Å². The van der Waals surface area contributed by atoms with Crippen LogP contribution in [0.3, 0.4) is 0 Å². The number of methoxy groups -OCH3 is 1. The molecule has 0 spiro atoms. The van der Waals surface area contributed by atoms with Gasteiger partial charge in [0.15, 0.2) is 0 Å². The van der Waals surface area contributed by atoms with Gasteiger partial charge in [0.05, 0.1) is 12.2 Å². The lowest BCUT2D eigenvalue weighted by Gasteiger charge is -2.19. The van der Waals surface area contributed by atoms with Crippen LogP contribution < -0.4 is 11.1 Å². The topological polar surface area (TPSA) is 47.3 Å². The van der Waals surface area contributed by atoms with Crippen LogP contribution in [-0.2, 0) is 10.9 Å². The molecule has 0 saturated heterocycles. The highest BCUT2D eigenvalue weighted by Crippen LogP contribution is 2.35. The Balaban J connectivity index is 2.91. The van der Waals surface area contributed by atoms with Crippen LogP contribution in [0.25, 0.3) is 0 Å². The number of nitrogens with two attached hydrogens (primary N) is 1. The van der Waals surface area contributed by atoms with E-state index in [1.807, 2.05) is 6.92 Å². The number of ether oxygens (including phenoxy) is 1. The lowest BCUT2D eigenvalue weighted by atomic mass is 10.1. The van der Waals surface area contributed by atoms with Gasteiger partial charge in [-0.3, -0.25) is 0 Å². The first-order valence-electron chi connectivity index (χ1n) is 5.60. The van der Waals surface area contributed by atoms with Gasteiger partial charge in [-0.25, -0.2) is 0 Å². The van der Waals surface area contributed by atoms with Gasteiger partial charge in [0.25, 0.3) is 0 Å². The van der Waals surface area contributed by atoms with Gasteiger partial charge >= 0.3 is 6.18 Å². The summed E-state index contributed by atoms with van der Waals surface area (Å²) in [5.74, 6) is 0. The molecule has 0 aliphatic heterocycles. The fourth-order valence-corrected chi connectivity index (χ4v) is 1.59. The first-order chi connectivity index (χ1) is 8.38. The Morgan fingerprint density at radius 1 is 1.39 bits per heavy atom. The number of anilines is 2. The smallest absolute Gasteiger partial charge is 0.398 e. The standard InChI is InChI=1S/C12H17F3N2O/c1-3-8(7-18-2)17-9-4-5-11(16)10(6-9)12(13,14)15/h4-6,8,17H,3,7,16H2,1-2H3. The number of nitrogen functional groups attached to an aromatic ring is 1. The first-order valence-corrected chi connectivity index (χ1v) is 5.60. The van der Waals surface area contributed by atoms with Gasteiger partial charge in [-0.2, -0.15) is 13.2 Å². The molecule has 102 valence electrons. The van der Waals surface area contributed by atoms with E-state index in [1.54, 1.807) is 7.11 Å². The van der Waals surface area contributed by atoms with Crippen molar-refractivity contribution in [3.05, 3.63) is 23.8 Å². The van der Waals surface area contributed by atoms with E-state index in [2.05, 4.69) is 5.32 Å². The monoisotopic (exact) mass is 262 g/mol. The number of rotatable bonds is 5. The summed E-state index contributed by atoms with van der Waals surface area (Å²) in [6, 6.07) is 3.78. The Kier molecular flexibility index (Phi) is 4.84. The normalized spacial score (nSPS) is 13.4. The second-order valence-corrected chi connectivity index (χ2v) is 4.00. The molecule has 1 aromatic carbocycles. The van der Waals surface area contributed by atoms with Crippen molar-refractivity contribution in [1.82, 2.24) is 0 Å². The lowest BCUT2D eigenvalue weighted by Crippen LogP contribution is -2.24. The molecule has 0 bridgehead atoms. The molecule has 0 fully saturated rings. The zero-order valence-electron chi connectivity index (χ0n) is 10.3. The average molecular weight is 262 g/mol. The highest BCUT2D eigenvalue weighted by molar-refractivity contribution is 5.58. The molecule has 0 aliphatic rings. The number of benzene rings is 1. The van der Waals surface area contributed by atoms with Gasteiger partial charge in [-0.1, -0.05) is 6.92 Å². The molecule has 3 nitrogen and oxygen atoms in total. The molecule has 0 heterocycles. The third-order valence-corrected chi connectivity index (χ3v) is 2.59. The van der Waals surface area contributed by atoms with E-state index >= 15 is 0 Å². The van der Waals surface area contributed by atoms with Gasteiger partial charge < -0.3 is 15.8 Å². The van der Waals surface area contributed by atoms with Crippen molar-refractivity contribution in [3.63, 3.8) is 0 Å². The van der Waals surface area contributed by atoms with Crippen molar-refractivity contribution < 1.29 is 17.9 Å². The maximum absolute atomic E-state index is 12.7. The van der Waals surface area contributed by atoms with Gasteiger partial charge in [0, 0.05) is 24.5 Å². The van der Waals surface area contributed by atoms with Crippen molar-refractivity contribution in [2.45, 2.75) is 25.6 Å². The van der Waals surface area contributed by atoms with Crippen LogP contribution in [0.2, 0.25) is 0 Å². The summed E-state index contributed by atoms with van der Waals surface area (Å²) < 4.78 is 43.0. The minimum Gasteiger partial charge on any atom is -0.398 e. The number of alkyl halides is 3. The maximum atomic E-state index is 12.7. The van der Waals surface area contributed by atoms with Gasteiger partial charge in [0.1, 0.15) is 0 Å². The van der Waals surface area contributed by atoms with Crippen molar-refractivity contribution in [3.8, 4) is 0 Å². The number of nitrogens with one attached hydrogen (secondary N) is 1. The second kappa shape index (κ2) is 5.95. The Bertz CT molecular complexity index is 393. The predicted molar refractivity (Wildman–Crippen MR) is 65.4 cm³/mol. The Hall–Kier alpha value is -1.43. The van der Waals surface area contributed by atoms with E-state index in [0.717, 1.165) is 12.5 Å². The molecule has 18 heavy (non-hydrogen) atoms. The van der Waals surface area contributed by atoms with E-state index in [0.29, 0.717) is 12.3 Å². The molecule has 0 amide bonds. The Labute approximate surface area is 104 Å². The number of hydrogen-bond acceptors (Lipinski definition) is 3. The zero-order valence-corrected chi connectivity index (χ0v) is 10.3. The molecule has 6 heteroatoms. The van der Waals surface area contributed by atoms with Crippen molar-refractivity contribution in [1.29, 1.82) is 0 Å². The molecular formula is C12H17F3N2O. The quantitative estimate of drug-likeness (QED) is 0.801.